The second-order valence-electron chi connectivity index (χ2n) is 4.59. The molecule has 2 rings (SSSR count). The fourth-order valence-electron chi connectivity index (χ4n) is 1.83. The lowest BCUT2D eigenvalue weighted by molar-refractivity contribution is 0.0474. The SMILES string of the molecule is NC(N)=NC(N)=Nc1ccccc1C(=O)OCc1ccccc1. The maximum Gasteiger partial charge on any atom is 0.340 e. The topological polar surface area (TPSA) is 129 Å². The number of benzene rings is 2. The number of aliphatic imine (C=N–C) groups is 2. The molecule has 7 nitrogen and oxygen atoms in total. The Kier molecular flexibility index (Phi) is 5.30. The van der Waals surface area contributed by atoms with E-state index in [0.717, 1.165) is 5.56 Å². The van der Waals surface area contributed by atoms with Crippen LogP contribution in [-0.4, -0.2) is 17.9 Å². The smallest absolute Gasteiger partial charge is 0.340 e. The number of nitrogens with zero attached hydrogens (tertiary/aromatic N) is 2. The minimum atomic E-state index is -0.509. The Balaban J connectivity index is 2.16. The van der Waals surface area contributed by atoms with Crippen molar-refractivity contribution in [3.8, 4) is 0 Å². The largest absolute Gasteiger partial charge is 0.457 e. The van der Waals surface area contributed by atoms with Crippen molar-refractivity contribution >= 4 is 23.6 Å². The van der Waals surface area contributed by atoms with Crippen molar-refractivity contribution < 1.29 is 9.53 Å². The second kappa shape index (κ2) is 7.60. The first-order chi connectivity index (χ1) is 11.1. The van der Waals surface area contributed by atoms with Gasteiger partial charge < -0.3 is 21.9 Å². The normalized spacial score (nSPS) is 10.9. The molecule has 0 aliphatic carbocycles. The van der Waals surface area contributed by atoms with E-state index < -0.39 is 5.97 Å². The first-order valence-electron chi connectivity index (χ1n) is 6.80. The Morgan fingerprint density at radius 1 is 0.957 bits per heavy atom. The number of carbonyl (C=O) groups excluding carboxylic acids is 1. The number of para-hydroxylation sites is 1. The summed E-state index contributed by atoms with van der Waals surface area (Å²) >= 11 is 0. The van der Waals surface area contributed by atoms with Crippen LogP contribution in [0.2, 0.25) is 0 Å². The molecule has 0 aromatic heterocycles. The van der Waals surface area contributed by atoms with Crippen LogP contribution in [0.25, 0.3) is 0 Å². The molecule has 118 valence electrons. The average molecular weight is 311 g/mol. The monoisotopic (exact) mass is 311 g/mol. The molecule has 0 saturated heterocycles. The van der Waals surface area contributed by atoms with Crippen molar-refractivity contribution in [1.29, 1.82) is 0 Å². The molecule has 23 heavy (non-hydrogen) atoms. The zero-order chi connectivity index (χ0) is 16.7. The van der Waals surface area contributed by atoms with Gasteiger partial charge in [0.1, 0.15) is 6.61 Å². The number of ether oxygens (including phenoxy) is 1. The van der Waals surface area contributed by atoms with Crippen LogP contribution in [0.5, 0.6) is 0 Å². The molecule has 0 heterocycles. The van der Waals surface area contributed by atoms with E-state index in [9.17, 15) is 4.79 Å². The highest BCUT2D eigenvalue weighted by Gasteiger charge is 2.12. The quantitative estimate of drug-likeness (QED) is 0.445. The van der Waals surface area contributed by atoms with Crippen LogP contribution in [0, 0.1) is 0 Å². The third kappa shape index (κ3) is 4.85. The Morgan fingerprint density at radius 3 is 2.30 bits per heavy atom. The Hall–Kier alpha value is -3.35. The molecule has 7 heteroatoms. The first-order valence-corrected chi connectivity index (χ1v) is 6.80. The third-order valence-corrected chi connectivity index (χ3v) is 2.82. The molecule has 0 saturated carbocycles. The van der Waals surface area contributed by atoms with Gasteiger partial charge in [0.2, 0.25) is 5.96 Å². The first kappa shape index (κ1) is 16.0. The van der Waals surface area contributed by atoms with Crippen molar-refractivity contribution in [2.24, 2.45) is 27.2 Å². The molecule has 0 spiro atoms. The number of nitrogens with two attached hydrogens (primary N) is 3. The van der Waals surface area contributed by atoms with Gasteiger partial charge in [0.25, 0.3) is 0 Å². The van der Waals surface area contributed by atoms with Gasteiger partial charge in [-0.1, -0.05) is 42.5 Å². The van der Waals surface area contributed by atoms with Crippen LogP contribution in [-0.2, 0) is 11.3 Å². The molecular weight excluding hydrogens is 294 g/mol. The number of rotatable bonds is 4. The van der Waals surface area contributed by atoms with Crippen molar-refractivity contribution in [2.75, 3.05) is 0 Å². The van der Waals surface area contributed by atoms with Gasteiger partial charge in [-0.25, -0.2) is 9.79 Å². The van der Waals surface area contributed by atoms with Crippen molar-refractivity contribution in [3.63, 3.8) is 0 Å². The van der Waals surface area contributed by atoms with Gasteiger partial charge in [-0.05, 0) is 17.7 Å². The minimum absolute atomic E-state index is 0.145. The second-order valence-corrected chi connectivity index (χ2v) is 4.59. The average Bonchev–Trinajstić information content (AvgIpc) is 2.53. The Morgan fingerprint density at radius 2 is 1.61 bits per heavy atom. The summed E-state index contributed by atoms with van der Waals surface area (Å²) in [6, 6.07) is 16.0. The van der Waals surface area contributed by atoms with Crippen molar-refractivity contribution in [2.45, 2.75) is 6.61 Å². The molecular formula is C16H17N5O2. The maximum atomic E-state index is 12.2. The van der Waals surface area contributed by atoms with E-state index in [2.05, 4.69) is 9.98 Å². The van der Waals surface area contributed by atoms with E-state index in [1.165, 1.54) is 0 Å². The van der Waals surface area contributed by atoms with Gasteiger partial charge in [-0.2, -0.15) is 4.99 Å². The highest BCUT2D eigenvalue weighted by molar-refractivity contribution is 5.98. The number of esters is 1. The van der Waals surface area contributed by atoms with Crippen molar-refractivity contribution in [1.82, 2.24) is 0 Å². The van der Waals surface area contributed by atoms with Gasteiger partial charge in [0, 0.05) is 0 Å². The molecule has 0 aliphatic heterocycles. The summed E-state index contributed by atoms with van der Waals surface area (Å²) in [6.45, 7) is 0.168. The van der Waals surface area contributed by atoms with Crippen LogP contribution in [0.3, 0.4) is 0 Å². The summed E-state index contributed by atoms with van der Waals surface area (Å²) in [5.41, 5.74) is 17.5. The summed E-state index contributed by atoms with van der Waals surface area (Å²) in [5, 5.41) is 0. The van der Waals surface area contributed by atoms with Gasteiger partial charge in [0.15, 0.2) is 5.96 Å². The van der Waals surface area contributed by atoms with E-state index in [0.29, 0.717) is 5.69 Å². The molecule has 0 atom stereocenters. The lowest BCUT2D eigenvalue weighted by atomic mass is 10.2. The molecule has 0 unspecified atom stereocenters. The zero-order valence-corrected chi connectivity index (χ0v) is 12.3. The molecule has 0 fully saturated rings. The van der Waals surface area contributed by atoms with Crippen LogP contribution >= 0.6 is 0 Å². The van der Waals surface area contributed by atoms with Crippen molar-refractivity contribution in [3.05, 3.63) is 65.7 Å². The number of hydrogen-bond donors (Lipinski definition) is 3. The lowest BCUT2D eigenvalue weighted by Gasteiger charge is -2.07. The van der Waals surface area contributed by atoms with E-state index in [1.807, 2.05) is 30.3 Å². The summed E-state index contributed by atoms with van der Waals surface area (Å²) in [7, 11) is 0. The number of carbonyl (C=O) groups is 1. The predicted molar refractivity (Wildman–Crippen MR) is 89.1 cm³/mol. The fourth-order valence-corrected chi connectivity index (χ4v) is 1.83. The molecule has 0 amide bonds. The van der Waals surface area contributed by atoms with E-state index in [-0.39, 0.29) is 24.1 Å². The summed E-state index contributed by atoms with van der Waals surface area (Å²) in [5.74, 6) is -0.866. The van der Waals surface area contributed by atoms with E-state index in [4.69, 9.17) is 21.9 Å². The standard InChI is InChI=1S/C16H17N5O2/c17-15(18)21-16(19)20-13-9-5-4-8-12(13)14(22)23-10-11-6-2-1-3-7-11/h1-9H,10H2,(H6,17,18,19,20,21). The Bertz CT molecular complexity index is 737. The van der Waals surface area contributed by atoms with Gasteiger partial charge in [-0.3, -0.25) is 0 Å². The van der Waals surface area contributed by atoms with E-state index >= 15 is 0 Å². The predicted octanol–water partition coefficient (Wildman–Crippen LogP) is 1.26. The Labute approximate surface area is 133 Å². The van der Waals surface area contributed by atoms with Crippen LogP contribution in [0.4, 0.5) is 5.69 Å². The molecule has 2 aromatic rings. The highest BCUT2D eigenvalue weighted by Crippen LogP contribution is 2.20. The molecule has 0 aliphatic rings. The van der Waals surface area contributed by atoms with Gasteiger partial charge >= 0.3 is 5.97 Å². The minimum Gasteiger partial charge on any atom is -0.457 e. The fraction of sp³-hybridized carbons (Fsp3) is 0.0625. The van der Waals surface area contributed by atoms with Gasteiger partial charge in [0.05, 0.1) is 11.3 Å². The summed E-state index contributed by atoms with van der Waals surface area (Å²) < 4.78 is 5.28. The maximum absolute atomic E-state index is 12.2. The lowest BCUT2D eigenvalue weighted by Crippen LogP contribution is -2.26. The molecule has 0 radical (unpaired) electrons. The highest BCUT2D eigenvalue weighted by atomic mass is 16.5. The molecule has 0 bridgehead atoms. The molecule has 6 N–H and O–H groups in total. The van der Waals surface area contributed by atoms with Crippen LogP contribution in [0.15, 0.2) is 64.6 Å². The third-order valence-electron chi connectivity index (χ3n) is 2.82. The van der Waals surface area contributed by atoms with Crippen LogP contribution < -0.4 is 17.2 Å². The molecule has 2 aromatic carbocycles. The van der Waals surface area contributed by atoms with Gasteiger partial charge in [-0.15, -0.1) is 0 Å². The number of guanidine groups is 2. The van der Waals surface area contributed by atoms with E-state index in [1.54, 1.807) is 24.3 Å². The number of hydrogen-bond acceptors (Lipinski definition) is 3. The zero-order valence-electron chi connectivity index (χ0n) is 12.3. The summed E-state index contributed by atoms with van der Waals surface area (Å²) in [6.07, 6.45) is 0. The van der Waals surface area contributed by atoms with Crippen LogP contribution in [0.1, 0.15) is 15.9 Å². The summed E-state index contributed by atoms with van der Waals surface area (Å²) in [4.78, 5) is 19.9.